The molecule has 0 spiro atoms. The topological polar surface area (TPSA) is 161 Å². The number of esters is 1. The van der Waals surface area contributed by atoms with E-state index in [0.29, 0.717) is 12.2 Å². The molecule has 0 saturated carbocycles. The van der Waals surface area contributed by atoms with E-state index in [1.165, 1.54) is 0 Å². The standard InChI is InChI=1S/C25H34N3O9PS/c1-5-6-12-20(30)21(36-23(15-29)28-14-13-22(31)26-25(28)33)16-34-38(39,37-19-10-8-7-9-11-19)27-18(4)24(32)35-17(2)3/h7-11,13-14,17-18,20-21,23,29-30H,5,15-16H2,1-4H3,(H,27,39)(H,26,31,33)/t18-,20-,21+,23+,38?/m0/s1. The van der Waals surface area contributed by atoms with Crippen LogP contribution in [0.25, 0.3) is 0 Å². The molecule has 0 aliphatic rings. The van der Waals surface area contributed by atoms with E-state index in [9.17, 15) is 24.6 Å². The number of nitrogens with one attached hydrogen (secondary N) is 2. The van der Waals surface area contributed by atoms with Crippen LogP contribution in [0.4, 0.5) is 0 Å². The number of H-pyrrole nitrogens is 1. The molecule has 1 aromatic carbocycles. The molecule has 4 N–H and O–H groups in total. The van der Waals surface area contributed by atoms with Crippen LogP contribution in [-0.2, 0) is 30.6 Å². The highest BCUT2D eigenvalue weighted by molar-refractivity contribution is 8.09. The first-order valence-corrected chi connectivity index (χ1v) is 14.8. The quantitative estimate of drug-likeness (QED) is 0.145. The first-order valence-electron chi connectivity index (χ1n) is 12.2. The average Bonchev–Trinajstić information content (AvgIpc) is 2.88. The second kappa shape index (κ2) is 15.7. The van der Waals surface area contributed by atoms with E-state index in [1.807, 2.05) is 0 Å². The average molecular weight is 584 g/mol. The van der Waals surface area contributed by atoms with Crippen LogP contribution in [0.1, 0.15) is 40.3 Å². The van der Waals surface area contributed by atoms with Gasteiger partial charge in [-0.3, -0.25) is 19.1 Å². The number of hydrogen-bond donors (Lipinski definition) is 4. The number of aliphatic hydroxyl groups excluding tert-OH is 2. The van der Waals surface area contributed by atoms with Gasteiger partial charge >= 0.3 is 18.3 Å². The lowest BCUT2D eigenvalue weighted by molar-refractivity contribution is -0.149. The first-order chi connectivity index (χ1) is 18.5. The monoisotopic (exact) mass is 583 g/mol. The van der Waals surface area contributed by atoms with Crippen LogP contribution in [0.5, 0.6) is 5.75 Å². The maximum absolute atomic E-state index is 12.5. The Morgan fingerprint density at radius 1 is 1.21 bits per heavy atom. The molecule has 0 fully saturated rings. The van der Waals surface area contributed by atoms with Crippen molar-refractivity contribution in [3.05, 3.63) is 63.4 Å². The second-order valence-electron chi connectivity index (χ2n) is 8.48. The van der Waals surface area contributed by atoms with Gasteiger partial charge in [0.05, 0.1) is 19.3 Å². The normalized spacial score (nSPS) is 15.8. The van der Waals surface area contributed by atoms with Crippen molar-refractivity contribution in [2.45, 2.75) is 64.7 Å². The van der Waals surface area contributed by atoms with Crippen LogP contribution in [0, 0.1) is 11.8 Å². The fourth-order valence-electron chi connectivity index (χ4n) is 3.06. The molecular formula is C25H34N3O9PS. The Hall–Kier alpha value is -2.82. The SMILES string of the molecule is CCC#C[C@H](O)[C@@H](COP(=S)(N[C@@H](C)C(=O)OC(C)C)Oc1ccccc1)O[C@H](CO)n1ccc(=O)[nH]c1=O. The highest BCUT2D eigenvalue weighted by Gasteiger charge is 2.32. The third-order valence-corrected chi connectivity index (χ3v) is 7.36. The summed E-state index contributed by atoms with van der Waals surface area (Å²) in [6, 6.07) is 8.74. The molecule has 1 heterocycles. The summed E-state index contributed by atoms with van der Waals surface area (Å²) in [5, 5.41) is 23.5. The maximum atomic E-state index is 12.5. The largest absolute Gasteiger partial charge is 0.462 e. The molecule has 0 amide bonds. The summed E-state index contributed by atoms with van der Waals surface area (Å²) in [7, 11) is 0. The number of aliphatic hydroxyl groups is 2. The fourth-order valence-corrected chi connectivity index (χ4v) is 5.48. The summed E-state index contributed by atoms with van der Waals surface area (Å²) in [5.41, 5.74) is -1.45. The van der Waals surface area contributed by atoms with E-state index in [-0.39, 0.29) is 6.10 Å². The van der Waals surface area contributed by atoms with Crippen molar-refractivity contribution in [1.82, 2.24) is 14.6 Å². The minimum Gasteiger partial charge on any atom is -0.462 e. The fraction of sp³-hybridized carbons (Fsp3) is 0.480. The Balaban J connectivity index is 2.34. The van der Waals surface area contributed by atoms with Crippen LogP contribution in [0.3, 0.4) is 0 Å². The number of carbonyl (C=O) groups excluding carboxylic acids is 1. The molecule has 1 aromatic heterocycles. The summed E-state index contributed by atoms with van der Waals surface area (Å²) in [6.45, 7) is 2.18. The van der Waals surface area contributed by atoms with E-state index < -0.39 is 61.6 Å². The van der Waals surface area contributed by atoms with Gasteiger partial charge < -0.3 is 28.7 Å². The Morgan fingerprint density at radius 2 is 1.90 bits per heavy atom. The van der Waals surface area contributed by atoms with Crippen molar-refractivity contribution in [3.63, 3.8) is 0 Å². The van der Waals surface area contributed by atoms with Crippen molar-refractivity contribution in [3.8, 4) is 17.6 Å². The number of para-hydroxylation sites is 1. The number of benzene rings is 1. The molecule has 12 nitrogen and oxygen atoms in total. The summed E-state index contributed by atoms with van der Waals surface area (Å²) < 4.78 is 23.9. The van der Waals surface area contributed by atoms with Gasteiger partial charge in [0.1, 0.15) is 24.0 Å². The van der Waals surface area contributed by atoms with Gasteiger partial charge in [0.2, 0.25) is 0 Å². The zero-order chi connectivity index (χ0) is 29.0. The summed E-state index contributed by atoms with van der Waals surface area (Å²) in [6.07, 6.45) is -2.72. The molecule has 0 radical (unpaired) electrons. The zero-order valence-electron chi connectivity index (χ0n) is 22.1. The van der Waals surface area contributed by atoms with Gasteiger partial charge in [-0.25, -0.2) is 9.88 Å². The smallest absolute Gasteiger partial charge is 0.330 e. The number of hydrogen-bond acceptors (Lipinski definition) is 10. The summed E-state index contributed by atoms with van der Waals surface area (Å²) in [5.74, 6) is 5.16. The van der Waals surface area contributed by atoms with Crippen LogP contribution in [-0.4, -0.2) is 63.3 Å². The van der Waals surface area contributed by atoms with Gasteiger partial charge in [-0.05, 0) is 44.7 Å². The minimum absolute atomic E-state index is 0.354. The van der Waals surface area contributed by atoms with Crippen molar-refractivity contribution in [2.24, 2.45) is 0 Å². The van der Waals surface area contributed by atoms with Crippen molar-refractivity contribution in [1.29, 1.82) is 0 Å². The molecule has 5 atom stereocenters. The van der Waals surface area contributed by atoms with E-state index in [1.54, 1.807) is 58.0 Å². The number of rotatable bonds is 14. The van der Waals surface area contributed by atoms with Gasteiger partial charge in [-0.2, -0.15) is 0 Å². The molecule has 0 aliphatic heterocycles. The van der Waals surface area contributed by atoms with Crippen molar-refractivity contribution in [2.75, 3.05) is 13.2 Å². The van der Waals surface area contributed by atoms with Crippen LogP contribution < -0.4 is 20.9 Å². The number of aromatic nitrogens is 2. The zero-order valence-corrected chi connectivity index (χ0v) is 23.8. The second-order valence-corrected chi connectivity index (χ2v) is 11.6. The number of aromatic amines is 1. The molecule has 0 aliphatic carbocycles. The van der Waals surface area contributed by atoms with Crippen LogP contribution in [0.2, 0.25) is 0 Å². The molecule has 0 bridgehead atoms. The van der Waals surface area contributed by atoms with E-state index in [0.717, 1.165) is 16.8 Å². The molecule has 2 rings (SSSR count). The molecule has 39 heavy (non-hydrogen) atoms. The first kappa shape index (κ1) is 32.4. The Labute approximate surface area is 231 Å². The number of nitrogens with zero attached hydrogens (tertiary/aromatic N) is 1. The maximum Gasteiger partial charge on any atom is 0.330 e. The molecule has 0 saturated heterocycles. The number of ether oxygens (including phenoxy) is 2. The predicted octanol–water partition coefficient (Wildman–Crippen LogP) is 1.44. The Bertz CT molecular complexity index is 1290. The van der Waals surface area contributed by atoms with E-state index >= 15 is 0 Å². The van der Waals surface area contributed by atoms with E-state index in [4.69, 9.17) is 30.3 Å². The lowest BCUT2D eigenvalue weighted by atomic mass is 10.2. The van der Waals surface area contributed by atoms with Gasteiger partial charge in [-0.1, -0.05) is 31.0 Å². The summed E-state index contributed by atoms with van der Waals surface area (Å²) in [4.78, 5) is 38.2. The van der Waals surface area contributed by atoms with Crippen LogP contribution >= 0.6 is 6.64 Å². The van der Waals surface area contributed by atoms with Gasteiger partial charge in [-0.15, -0.1) is 5.92 Å². The Kier molecular flexibility index (Phi) is 13.0. The Morgan fingerprint density at radius 3 is 2.49 bits per heavy atom. The van der Waals surface area contributed by atoms with Gasteiger partial charge in [0, 0.05) is 18.7 Å². The number of carbonyl (C=O) groups is 1. The third-order valence-electron chi connectivity index (χ3n) is 4.86. The highest BCUT2D eigenvalue weighted by Crippen LogP contribution is 2.45. The minimum atomic E-state index is -3.49. The van der Waals surface area contributed by atoms with Crippen LogP contribution in [0.15, 0.2) is 52.2 Å². The highest BCUT2D eigenvalue weighted by atomic mass is 32.5. The lowest BCUT2D eigenvalue weighted by Crippen LogP contribution is -2.41. The van der Waals surface area contributed by atoms with Crippen molar-refractivity contribution < 1.29 is 33.5 Å². The molecular weight excluding hydrogens is 549 g/mol. The summed E-state index contributed by atoms with van der Waals surface area (Å²) >= 11 is 5.69. The van der Waals surface area contributed by atoms with Crippen molar-refractivity contribution >= 4 is 24.4 Å². The molecule has 1 unspecified atom stereocenters. The molecule has 14 heteroatoms. The third kappa shape index (κ3) is 10.7. The van der Waals surface area contributed by atoms with Gasteiger partial charge in [0.25, 0.3) is 5.56 Å². The van der Waals surface area contributed by atoms with E-state index in [2.05, 4.69) is 21.9 Å². The van der Waals surface area contributed by atoms with Gasteiger partial charge in [0.15, 0.2) is 6.23 Å². The lowest BCUT2D eigenvalue weighted by Gasteiger charge is -2.30. The molecule has 214 valence electrons. The predicted molar refractivity (Wildman–Crippen MR) is 148 cm³/mol. The molecule has 2 aromatic rings.